The zero-order valence-corrected chi connectivity index (χ0v) is 10.3. The molecule has 6 nitrogen and oxygen atoms in total. The Hall–Kier alpha value is -1.82. The van der Waals surface area contributed by atoms with Gasteiger partial charge in [-0.2, -0.15) is 0 Å². The van der Waals surface area contributed by atoms with Crippen molar-refractivity contribution in [1.29, 1.82) is 0 Å². The molecule has 0 radical (unpaired) electrons. The van der Waals surface area contributed by atoms with Crippen molar-refractivity contribution in [2.45, 2.75) is 25.9 Å². The van der Waals surface area contributed by atoms with Crippen LogP contribution in [0.2, 0.25) is 0 Å². The smallest absolute Gasteiger partial charge is 0.286 e. The van der Waals surface area contributed by atoms with Crippen LogP contribution in [0.3, 0.4) is 0 Å². The summed E-state index contributed by atoms with van der Waals surface area (Å²) in [6, 6.07) is 3.18. The van der Waals surface area contributed by atoms with Gasteiger partial charge in [0.2, 0.25) is 5.91 Å². The number of rotatable bonds is 7. The van der Waals surface area contributed by atoms with Crippen LogP contribution >= 0.6 is 0 Å². The lowest BCUT2D eigenvalue weighted by molar-refractivity contribution is -0.121. The fraction of sp³-hybridized carbons (Fsp3) is 0.500. The minimum Gasteiger partial charge on any atom is -0.459 e. The summed E-state index contributed by atoms with van der Waals surface area (Å²) in [5.41, 5.74) is 0. The standard InChI is InChI=1S/C12H18N2O4/c1-9(15)4-6-13-11(16)5-7-14-12(17)10-3-2-8-18-10/h2-3,8-9,15H,4-7H2,1H3,(H,13,16)(H,14,17). The van der Waals surface area contributed by atoms with Gasteiger partial charge >= 0.3 is 0 Å². The summed E-state index contributed by atoms with van der Waals surface area (Å²) < 4.78 is 4.90. The van der Waals surface area contributed by atoms with E-state index in [9.17, 15) is 9.59 Å². The van der Waals surface area contributed by atoms with Gasteiger partial charge in [0.1, 0.15) is 0 Å². The Kier molecular flexibility index (Phi) is 5.93. The molecule has 0 aliphatic rings. The van der Waals surface area contributed by atoms with Crippen molar-refractivity contribution in [3.63, 3.8) is 0 Å². The van der Waals surface area contributed by atoms with Gasteiger partial charge in [0.15, 0.2) is 5.76 Å². The monoisotopic (exact) mass is 254 g/mol. The minimum absolute atomic E-state index is 0.157. The van der Waals surface area contributed by atoms with Crippen molar-refractivity contribution in [3.8, 4) is 0 Å². The normalized spacial score (nSPS) is 11.9. The van der Waals surface area contributed by atoms with E-state index in [0.717, 1.165) is 0 Å². The van der Waals surface area contributed by atoms with E-state index in [2.05, 4.69) is 10.6 Å². The topological polar surface area (TPSA) is 91.6 Å². The lowest BCUT2D eigenvalue weighted by Gasteiger charge is -2.07. The zero-order valence-electron chi connectivity index (χ0n) is 10.3. The quantitative estimate of drug-likeness (QED) is 0.652. The maximum atomic E-state index is 11.4. The summed E-state index contributed by atoms with van der Waals surface area (Å²) in [4.78, 5) is 22.7. The highest BCUT2D eigenvalue weighted by molar-refractivity contribution is 5.91. The molecule has 1 aromatic rings. The molecule has 18 heavy (non-hydrogen) atoms. The molecule has 1 rings (SSSR count). The van der Waals surface area contributed by atoms with Crippen molar-refractivity contribution in [1.82, 2.24) is 10.6 Å². The van der Waals surface area contributed by atoms with Crippen molar-refractivity contribution in [2.24, 2.45) is 0 Å². The Morgan fingerprint density at radius 2 is 2.17 bits per heavy atom. The van der Waals surface area contributed by atoms with Crippen LogP contribution in [0, 0.1) is 0 Å². The number of aliphatic hydroxyl groups is 1. The Labute approximate surface area is 105 Å². The summed E-state index contributed by atoms with van der Waals surface area (Å²) >= 11 is 0. The molecule has 0 fully saturated rings. The van der Waals surface area contributed by atoms with Crippen molar-refractivity contribution in [2.75, 3.05) is 13.1 Å². The van der Waals surface area contributed by atoms with Crippen LogP contribution in [0.1, 0.15) is 30.3 Å². The van der Waals surface area contributed by atoms with E-state index in [0.29, 0.717) is 13.0 Å². The second kappa shape index (κ2) is 7.50. The predicted molar refractivity (Wildman–Crippen MR) is 65.0 cm³/mol. The zero-order chi connectivity index (χ0) is 13.4. The van der Waals surface area contributed by atoms with Gasteiger partial charge in [-0.3, -0.25) is 9.59 Å². The molecule has 1 aromatic heterocycles. The average Bonchev–Trinajstić information content (AvgIpc) is 2.81. The Balaban J connectivity index is 2.10. The molecule has 0 bridgehead atoms. The van der Waals surface area contributed by atoms with Crippen LogP contribution in [0.5, 0.6) is 0 Å². The van der Waals surface area contributed by atoms with Crippen LogP contribution in [0.25, 0.3) is 0 Å². The maximum absolute atomic E-state index is 11.4. The number of hydrogen-bond acceptors (Lipinski definition) is 4. The summed E-state index contributed by atoms with van der Waals surface area (Å²) in [5.74, 6) is -0.267. The van der Waals surface area contributed by atoms with Crippen molar-refractivity contribution in [3.05, 3.63) is 24.2 Å². The Bertz CT molecular complexity index is 373. The SMILES string of the molecule is CC(O)CCNC(=O)CCNC(=O)c1ccco1. The van der Waals surface area contributed by atoms with Gasteiger partial charge in [0, 0.05) is 19.5 Å². The van der Waals surface area contributed by atoms with E-state index in [1.807, 2.05) is 0 Å². The number of aliphatic hydroxyl groups excluding tert-OH is 1. The molecular formula is C12H18N2O4. The van der Waals surface area contributed by atoms with Crippen LogP contribution < -0.4 is 10.6 Å². The summed E-state index contributed by atoms with van der Waals surface area (Å²) in [6.07, 6.45) is 1.71. The number of furan rings is 1. The first kappa shape index (κ1) is 14.2. The largest absolute Gasteiger partial charge is 0.459 e. The van der Waals surface area contributed by atoms with E-state index in [1.165, 1.54) is 6.26 Å². The second-order valence-electron chi connectivity index (χ2n) is 3.97. The molecule has 0 aliphatic carbocycles. The van der Waals surface area contributed by atoms with Crippen LogP contribution in [0.15, 0.2) is 22.8 Å². The molecular weight excluding hydrogens is 236 g/mol. The molecule has 0 aliphatic heterocycles. The third kappa shape index (κ3) is 5.49. The van der Waals surface area contributed by atoms with E-state index < -0.39 is 6.10 Å². The van der Waals surface area contributed by atoms with Gasteiger partial charge in [-0.05, 0) is 25.5 Å². The van der Waals surface area contributed by atoms with Gasteiger partial charge in [-0.25, -0.2) is 0 Å². The second-order valence-corrected chi connectivity index (χ2v) is 3.97. The maximum Gasteiger partial charge on any atom is 0.286 e. The van der Waals surface area contributed by atoms with E-state index >= 15 is 0 Å². The number of amides is 2. The summed E-state index contributed by atoms with van der Waals surface area (Å²) in [7, 11) is 0. The Morgan fingerprint density at radius 1 is 1.39 bits per heavy atom. The average molecular weight is 254 g/mol. The number of hydrogen-bond donors (Lipinski definition) is 3. The molecule has 0 saturated heterocycles. The first-order chi connectivity index (χ1) is 8.59. The molecule has 0 saturated carbocycles. The highest BCUT2D eigenvalue weighted by Crippen LogP contribution is 1.98. The van der Waals surface area contributed by atoms with Gasteiger partial charge in [-0.1, -0.05) is 0 Å². The lowest BCUT2D eigenvalue weighted by Crippen LogP contribution is -2.31. The van der Waals surface area contributed by atoms with Crippen LogP contribution in [-0.2, 0) is 4.79 Å². The molecule has 2 amide bonds. The fourth-order valence-corrected chi connectivity index (χ4v) is 1.29. The van der Waals surface area contributed by atoms with E-state index in [1.54, 1.807) is 19.1 Å². The molecule has 100 valence electrons. The molecule has 6 heteroatoms. The first-order valence-corrected chi connectivity index (χ1v) is 5.86. The van der Waals surface area contributed by atoms with Crippen molar-refractivity contribution >= 4 is 11.8 Å². The first-order valence-electron chi connectivity index (χ1n) is 5.86. The van der Waals surface area contributed by atoms with E-state index in [4.69, 9.17) is 9.52 Å². The van der Waals surface area contributed by atoms with Gasteiger partial charge < -0.3 is 20.2 Å². The molecule has 1 atom stereocenters. The summed E-state index contributed by atoms with van der Waals surface area (Å²) in [6.45, 7) is 2.35. The van der Waals surface area contributed by atoms with E-state index in [-0.39, 0.29) is 30.5 Å². The number of carbonyl (C=O) groups is 2. The minimum atomic E-state index is -0.427. The fourth-order valence-electron chi connectivity index (χ4n) is 1.29. The Morgan fingerprint density at radius 3 is 2.78 bits per heavy atom. The highest BCUT2D eigenvalue weighted by Gasteiger charge is 2.08. The predicted octanol–water partition coefficient (Wildman–Crippen LogP) is 0.287. The third-order valence-corrected chi connectivity index (χ3v) is 2.27. The highest BCUT2D eigenvalue weighted by atomic mass is 16.3. The van der Waals surface area contributed by atoms with Crippen LogP contribution in [-0.4, -0.2) is 36.1 Å². The van der Waals surface area contributed by atoms with Gasteiger partial charge in [0.25, 0.3) is 5.91 Å². The number of nitrogens with one attached hydrogen (secondary N) is 2. The van der Waals surface area contributed by atoms with Gasteiger partial charge in [0.05, 0.1) is 12.4 Å². The molecule has 0 aromatic carbocycles. The molecule has 1 heterocycles. The molecule has 1 unspecified atom stereocenters. The lowest BCUT2D eigenvalue weighted by atomic mass is 10.3. The summed E-state index contributed by atoms with van der Waals surface area (Å²) in [5, 5.41) is 14.2. The van der Waals surface area contributed by atoms with Crippen LogP contribution in [0.4, 0.5) is 0 Å². The van der Waals surface area contributed by atoms with Crippen molar-refractivity contribution < 1.29 is 19.1 Å². The third-order valence-electron chi connectivity index (χ3n) is 2.27. The molecule has 0 spiro atoms. The molecule has 3 N–H and O–H groups in total. The number of carbonyl (C=O) groups excluding carboxylic acids is 2. The van der Waals surface area contributed by atoms with Gasteiger partial charge in [-0.15, -0.1) is 0 Å².